The van der Waals surface area contributed by atoms with Crippen LogP contribution in [0.3, 0.4) is 0 Å². The predicted molar refractivity (Wildman–Crippen MR) is 189 cm³/mol. The number of hydrogen-bond acceptors (Lipinski definition) is 13. The lowest BCUT2D eigenvalue weighted by molar-refractivity contribution is -0.139. The number of alkyl carbamates (subject to hydrolysis) is 1. The monoisotopic (exact) mass is 713 g/mol. The largest absolute Gasteiger partial charge is 0.519 e. The fourth-order valence-electron chi connectivity index (χ4n) is 2.29. The second kappa shape index (κ2) is 28.6. The average molecular weight is 714 g/mol. The first-order valence-electron chi connectivity index (χ1n) is 15.4. The highest BCUT2D eigenvalue weighted by molar-refractivity contribution is 5.87. The highest BCUT2D eigenvalue weighted by Gasteiger charge is 2.24. The van der Waals surface area contributed by atoms with Crippen molar-refractivity contribution in [1.29, 1.82) is 0 Å². The molecule has 48 heavy (non-hydrogen) atoms. The van der Waals surface area contributed by atoms with Gasteiger partial charge in [-0.2, -0.15) is 0 Å². The second-order valence-electron chi connectivity index (χ2n) is 12.7. The first-order chi connectivity index (χ1) is 21.2. The normalized spacial score (nSPS) is 10.3. The third-order valence-electron chi connectivity index (χ3n) is 4.34. The van der Waals surface area contributed by atoms with E-state index in [1.165, 1.54) is 19.6 Å². The van der Waals surface area contributed by atoms with Crippen molar-refractivity contribution in [2.45, 2.75) is 114 Å². The van der Waals surface area contributed by atoms with Crippen LogP contribution in [-0.4, -0.2) is 98.0 Å². The maximum absolute atomic E-state index is 11.1. The minimum atomic E-state index is -1.06. The van der Waals surface area contributed by atoms with E-state index in [1.54, 1.807) is 76.2 Å². The second-order valence-corrected chi connectivity index (χ2v) is 12.7. The highest BCUT2D eigenvalue weighted by Crippen LogP contribution is 2.11. The number of carbonyl (C=O) groups is 5. The Bertz CT molecular complexity index is 932. The summed E-state index contributed by atoms with van der Waals surface area (Å²) >= 11 is 0. The van der Waals surface area contributed by atoms with Crippen LogP contribution in [0, 0.1) is 0 Å². The summed E-state index contributed by atoms with van der Waals surface area (Å²) in [6.07, 6.45) is -2.65. The molecule has 0 saturated carbocycles. The van der Waals surface area contributed by atoms with Gasteiger partial charge in [0.15, 0.2) is 0 Å². The Hall–Kier alpha value is -3.36. The molecule has 0 aromatic heterocycles. The number of nitrogens with zero attached hydrogens (tertiary/aromatic N) is 1. The van der Waals surface area contributed by atoms with Crippen LogP contribution in [0.1, 0.15) is 96.9 Å². The van der Waals surface area contributed by atoms with Crippen LogP contribution in [0.5, 0.6) is 0 Å². The molecule has 0 saturated heterocycles. The van der Waals surface area contributed by atoms with Crippen LogP contribution in [0.4, 0.5) is 14.4 Å². The zero-order valence-electron chi connectivity index (χ0n) is 31.8. The van der Waals surface area contributed by atoms with Crippen molar-refractivity contribution in [2.24, 2.45) is 5.73 Å². The van der Waals surface area contributed by atoms with Crippen molar-refractivity contribution in [3.05, 3.63) is 24.3 Å². The molecule has 0 radical (unpaired) electrons. The fraction of sp³-hybridized carbons (Fsp3) is 0.727. The molecule has 0 rings (SSSR count). The van der Waals surface area contributed by atoms with Gasteiger partial charge in [0.1, 0.15) is 30.0 Å². The molecule has 0 aliphatic rings. The first kappa shape index (κ1) is 54.1. The quantitative estimate of drug-likeness (QED) is 0.0842. The predicted octanol–water partition coefficient (Wildman–Crippen LogP) is 6.34. The first-order valence-corrected chi connectivity index (χ1v) is 15.4. The van der Waals surface area contributed by atoms with Gasteiger partial charge in [0.2, 0.25) is 0 Å². The summed E-state index contributed by atoms with van der Waals surface area (Å²) in [7, 11) is 0. The third kappa shape index (κ3) is 44.8. The maximum atomic E-state index is 11.1. The standard InChI is InChI=1S/C11H19NO4.C10H18O5.C6H11NO2.C6H15N.ClH/c1-8(2)9(13)15-7-6-12-10(14)16-11(3,4)5;1-9(2,3)14-7(11)13-8(12)15-10(4,5)6;1-5(2)6(8)9-4-3-7;1-4-7(5-2)6-3;/h1,6-7H2,2-5H3,(H,12,14);1-6H3;1,3-4,7H2,2H3;4-6H2,1-3H3;1H. The van der Waals surface area contributed by atoms with E-state index < -0.39 is 41.2 Å². The van der Waals surface area contributed by atoms with Gasteiger partial charge in [-0.15, -0.1) is 12.4 Å². The molecular formula is C33H64ClN3O11. The molecule has 0 aliphatic carbocycles. The number of halogens is 1. The smallest absolute Gasteiger partial charge is 0.461 e. The molecule has 0 aromatic carbocycles. The van der Waals surface area contributed by atoms with Crippen molar-refractivity contribution in [2.75, 3.05) is 45.9 Å². The molecule has 0 spiro atoms. The van der Waals surface area contributed by atoms with E-state index in [0.717, 1.165) is 0 Å². The number of nitrogens with two attached hydrogens (primary N) is 1. The van der Waals surface area contributed by atoms with Gasteiger partial charge in [-0.3, -0.25) is 0 Å². The van der Waals surface area contributed by atoms with E-state index in [2.05, 4.69) is 53.6 Å². The molecule has 0 aliphatic heterocycles. The molecule has 1 amide bonds. The van der Waals surface area contributed by atoms with Crippen LogP contribution in [0.25, 0.3) is 0 Å². The van der Waals surface area contributed by atoms with Gasteiger partial charge in [-0.25, -0.2) is 24.0 Å². The van der Waals surface area contributed by atoms with E-state index in [0.29, 0.717) is 17.7 Å². The van der Waals surface area contributed by atoms with Gasteiger partial charge in [0.25, 0.3) is 0 Å². The van der Waals surface area contributed by atoms with Gasteiger partial charge in [0, 0.05) is 17.7 Å². The van der Waals surface area contributed by atoms with Crippen LogP contribution < -0.4 is 11.1 Å². The number of nitrogens with one attached hydrogen (secondary N) is 1. The van der Waals surface area contributed by atoms with E-state index in [4.69, 9.17) is 24.7 Å². The van der Waals surface area contributed by atoms with Crippen molar-refractivity contribution in [3.63, 3.8) is 0 Å². The SMILES string of the molecule is C=C(C)C(=O)OCCN.C=C(C)C(=O)OCCNC(=O)OC(C)(C)C.CC(C)(C)OC(=O)OC(=O)OC(C)(C)C.CCN(CC)CC.Cl. The van der Waals surface area contributed by atoms with Gasteiger partial charge in [-0.1, -0.05) is 33.9 Å². The molecule has 284 valence electrons. The Morgan fingerprint density at radius 1 is 0.646 bits per heavy atom. The summed E-state index contributed by atoms with van der Waals surface area (Å²) in [6, 6.07) is 0. The Morgan fingerprint density at radius 2 is 0.979 bits per heavy atom. The number of esters is 2. The van der Waals surface area contributed by atoms with Crippen molar-refractivity contribution in [1.82, 2.24) is 10.2 Å². The summed E-state index contributed by atoms with van der Waals surface area (Å²) in [6.45, 7) is 36.4. The van der Waals surface area contributed by atoms with E-state index in [9.17, 15) is 24.0 Å². The molecule has 3 N–H and O–H groups in total. The summed E-state index contributed by atoms with van der Waals surface area (Å²) in [5, 5.41) is 2.47. The summed E-state index contributed by atoms with van der Waals surface area (Å²) in [5.41, 5.74) is 3.89. The Balaban J connectivity index is -0.000000178. The molecule has 0 bridgehead atoms. The molecule has 0 fully saturated rings. The average Bonchev–Trinajstić information content (AvgIpc) is 2.88. The fourth-order valence-corrected chi connectivity index (χ4v) is 2.29. The van der Waals surface area contributed by atoms with E-state index >= 15 is 0 Å². The molecule has 0 heterocycles. The van der Waals surface area contributed by atoms with E-state index in [1.807, 2.05) is 0 Å². The van der Waals surface area contributed by atoms with Crippen LogP contribution in [-0.2, 0) is 38.0 Å². The van der Waals surface area contributed by atoms with E-state index in [-0.39, 0.29) is 38.1 Å². The summed E-state index contributed by atoms with van der Waals surface area (Å²) in [4.78, 5) is 57.0. The Labute approximate surface area is 294 Å². The maximum Gasteiger partial charge on any atom is 0.519 e. The van der Waals surface area contributed by atoms with Crippen LogP contribution in [0.15, 0.2) is 24.3 Å². The molecular weight excluding hydrogens is 650 g/mol. The molecule has 15 heteroatoms. The van der Waals surface area contributed by atoms with Gasteiger partial charge < -0.3 is 44.4 Å². The van der Waals surface area contributed by atoms with Gasteiger partial charge >= 0.3 is 30.3 Å². The number of rotatable bonds is 10. The van der Waals surface area contributed by atoms with Crippen molar-refractivity contribution < 1.29 is 52.4 Å². The lowest BCUT2D eigenvalue weighted by Crippen LogP contribution is -2.34. The van der Waals surface area contributed by atoms with Crippen LogP contribution in [0.2, 0.25) is 0 Å². The lowest BCUT2D eigenvalue weighted by Gasteiger charge is -2.20. The molecule has 0 aromatic rings. The minimum absolute atomic E-state index is 0. The lowest BCUT2D eigenvalue weighted by atomic mass is 10.2. The Morgan fingerprint density at radius 3 is 1.23 bits per heavy atom. The Kier molecular flexibility index (Phi) is 32.3. The number of carbonyl (C=O) groups excluding carboxylic acids is 5. The van der Waals surface area contributed by atoms with Gasteiger partial charge in [-0.05, 0) is 95.8 Å². The third-order valence-corrected chi connectivity index (χ3v) is 4.34. The molecule has 14 nitrogen and oxygen atoms in total. The summed E-state index contributed by atoms with van der Waals surface area (Å²) in [5.74, 6) is -0.841. The molecule has 0 unspecified atom stereocenters. The highest BCUT2D eigenvalue weighted by atomic mass is 35.5. The number of ether oxygens (including phenoxy) is 6. The summed E-state index contributed by atoms with van der Waals surface area (Å²) < 4.78 is 28.2. The topological polar surface area (TPSA) is 182 Å². The zero-order valence-corrected chi connectivity index (χ0v) is 32.6. The van der Waals surface area contributed by atoms with Crippen molar-refractivity contribution >= 4 is 42.7 Å². The van der Waals surface area contributed by atoms with Crippen molar-refractivity contribution in [3.8, 4) is 0 Å². The van der Waals surface area contributed by atoms with Gasteiger partial charge in [0.05, 0.1) is 6.54 Å². The minimum Gasteiger partial charge on any atom is -0.461 e. The number of hydrogen-bond donors (Lipinski definition) is 2. The molecule has 0 atom stereocenters. The number of amides is 1. The zero-order chi connectivity index (χ0) is 38.0. The van der Waals surface area contributed by atoms with Crippen LogP contribution >= 0.6 is 12.4 Å².